The molecule has 1 aromatic rings. The first-order valence-electron chi connectivity index (χ1n) is 6.67. The zero-order valence-corrected chi connectivity index (χ0v) is 11.4. The average molecular weight is 268 g/mol. The molecule has 0 aromatic heterocycles. The smallest absolute Gasteiger partial charge is 0.242 e. The average Bonchev–Trinajstić information content (AvgIpc) is 3.30. The quantitative estimate of drug-likeness (QED) is 0.883. The number of nitriles is 2. The van der Waals surface area contributed by atoms with Gasteiger partial charge in [0.15, 0.2) is 0 Å². The number of nitrogens with one attached hydrogen (secondary N) is 1. The van der Waals surface area contributed by atoms with Crippen molar-refractivity contribution in [3.05, 3.63) is 29.3 Å². The van der Waals surface area contributed by atoms with E-state index in [1.807, 2.05) is 24.0 Å². The third-order valence-corrected chi connectivity index (χ3v) is 3.35. The van der Waals surface area contributed by atoms with Crippen molar-refractivity contribution in [3.63, 3.8) is 0 Å². The highest BCUT2D eigenvalue weighted by atomic mass is 16.2. The third-order valence-electron chi connectivity index (χ3n) is 3.35. The molecule has 1 aliphatic rings. The summed E-state index contributed by atoms with van der Waals surface area (Å²) in [5.74, 6) is 0.0675. The van der Waals surface area contributed by atoms with Gasteiger partial charge in [-0.05, 0) is 38.0 Å². The zero-order valence-electron chi connectivity index (χ0n) is 11.4. The van der Waals surface area contributed by atoms with E-state index in [1.165, 1.54) is 0 Å². The van der Waals surface area contributed by atoms with Gasteiger partial charge >= 0.3 is 0 Å². The van der Waals surface area contributed by atoms with Crippen LogP contribution in [0, 0.1) is 22.7 Å². The van der Waals surface area contributed by atoms with E-state index in [0.717, 1.165) is 19.4 Å². The van der Waals surface area contributed by atoms with Gasteiger partial charge in [0.1, 0.15) is 12.1 Å². The standard InChI is InChI=1S/C15H16N4O/c1-2-19(14-5-6-14)15(20)10-18-13-4-3-11(8-16)12(7-13)9-17/h3-4,7,14,18H,2,5-6,10H2,1H3. The summed E-state index contributed by atoms with van der Waals surface area (Å²) in [7, 11) is 0. The second kappa shape index (κ2) is 6.08. The van der Waals surface area contributed by atoms with Gasteiger partial charge in [-0.3, -0.25) is 4.79 Å². The zero-order chi connectivity index (χ0) is 14.5. The minimum Gasteiger partial charge on any atom is -0.376 e. The molecule has 0 unspecified atom stereocenters. The second-order valence-electron chi connectivity index (χ2n) is 4.75. The number of likely N-dealkylation sites (N-methyl/N-ethyl adjacent to an activating group) is 1. The van der Waals surface area contributed by atoms with E-state index >= 15 is 0 Å². The minimum atomic E-state index is 0.0675. The summed E-state index contributed by atoms with van der Waals surface area (Å²) in [6.45, 7) is 2.91. The number of amides is 1. The van der Waals surface area contributed by atoms with Crippen LogP contribution in [-0.2, 0) is 4.79 Å². The molecular formula is C15H16N4O. The van der Waals surface area contributed by atoms with Crippen molar-refractivity contribution in [1.82, 2.24) is 4.90 Å². The van der Waals surface area contributed by atoms with Crippen LogP contribution in [0.5, 0.6) is 0 Å². The summed E-state index contributed by atoms with van der Waals surface area (Å²) in [5.41, 5.74) is 1.35. The van der Waals surface area contributed by atoms with Gasteiger partial charge in [-0.15, -0.1) is 0 Å². The fourth-order valence-corrected chi connectivity index (χ4v) is 2.15. The van der Waals surface area contributed by atoms with Gasteiger partial charge in [0.2, 0.25) is 5.91 Å². The fourth-order valence-electron chi connectivity index (χ4n) is 2.15. The van der Waals surface area contributed by atoms with Gasteiger partial charge in [-0.1, -0.05) is 0 Å². The maximum absolute atomic E-state index is 12.1. The predicted octanol–water partition coefficient (Wildman–Crippen LogP) is 1.85. The normalized spacial score (nSPS) is 13.2. The maximum atomic E-state index is 12.1. The van der Waals surface area contributed by atoms with Gasteiger partial charge < -0.3 is 10.2 Å². The first-order chi connectivity index (χ1) is 9.69. The molecule has 0 aliphatic heterocycles. The van der Waals surface area contributed by atoms with Crippen molar-refractivity contribution in [1.29, 1.82) is 10.5 Å². The van der Waals surface area contributed by atoms with Crippen molar-refractivity contribution in [2.75, 3.05) is 18.4 Å². The van der Waals surface area contributed by atoms with Gasteiger partial charge in [-0.25, -0.2) is 0 Å². The molecular weight excluding hydrogens is 252 g/mol. The van der Waals surface area contributed by atoms with Crippen molar-refractivity contribution in [2.24, 2.45) is 0 Å². The summed E-state index contributed by atoms with van der Waals surface area (Å²) in [4.78, 5) is 13.9. The van der Waals surface area contributed by atoms with E-state index in [9.17, 15) is 4.79 Å². The molecule has 1 amide bonds. The lowest BCUT2D eigenvalue weighted by atomic mass is 10.1. The molecule has 2 rings (SSSR count). The summed E-state index contributed by atoms with van der Waals surface area (Å²) in [6, 6.07) is 9.24. The topological polar surface area (TPSA) is 79.9 Å². The molecule has 0 atom stereocenters. The summed E-state index contributed by atoms with van der Waals surface area (Å²) in [5, 5.41) is 20.8. The van der Waals surface area contributed by atoms with Crippen molar-refractivity contribution in [2.45, 2.75) is 25.8 Å². The van der Waals surface area contributed by atoms with Crippen LogP contribution in [0.4, 0.5) is 5.69 Å². The molecule has 102 valence electrons. The SMILES string of the molecule is CCN(C(=O)CNc1ccc(C#N)c(C#N)c1)C1CC1. The van der Waals surface area contributed by atoms with Crippen molar-refractivity contribution < 1.29 is 4.79 Å². The Hall–Kier alpha value is -2.53. The number of hydrogen-bond donors (Lipinski definition) is 1. The van der Waals surface area contributed by atoms with E-state index in [0.29, 0.717) is 22.9 Å². The van der Waals surface area contributed by atoms with E-state index in [1.54, 1.807) is 18.2 Å². The van der Waals surface area contributed by atoms with E-state index in [4.69, 9.17) is 10.5 Å². The fraction of sp³-hybridized carbons (Fsp3) is 0.400. The summed E-state index contributed by atoms with van der Waals surface area (Å²) in [6.07, 6.45) is 2.18. The molecule has 0 bridgehead atoms. The predicted molar refractivity (Wildman–Crippen MR) is 74.8 cm³/mol. The largest absolute Gasteiger partial charge is 0.376 e. The molecule has 20 heavy (non-hydrogen) atoms. The summed E-state index contributed by atoms with van der Waals surface area (Å²) < 4.78 is 0. The number of nitrogens with zero attached hydrogens (tertiary/aromatic N) is 3. The Kier molecular flexibility index (Phi) is 4.22. The Morgan fingerprint density at radius 3 is 2.60 bits per heavy atom. The van der Waals surface area contributed by atoms with Crippen LogP contribution in [0.25, 0.3) is 0 Å². The number of carbonyl (C=O) groups excluding carboxylic acids is 1. The highest BCUT2D eigenvalue weighted by Gasteiger charge is 2.30. The van der Waals surface area contributed by atoms with Crippen LogP contribution in [-0.4, -0.2) is 29.9 Å². The Morgan fingerprint density at radius 1 is 1.35 bits per heavy atom. The van der Waals surface area contributed by atoms with Crippen LogP contribution in [0.3, 0.4) is 0 Å². The van der Waals surface area contributed by atoms with Crippen LogP contribution in [0.15, 0.2) is 18.2 Å². The lowest BCUT2D eigenvalue weighted by Gasteiger charge is -2.20. The molecule has 0 saturated heterocycles. The number of hydrogen-bond acceptors (Lipinski definition) is 4. The second-order valence-corrected chi connectivity index (χ2v) is 4.75. The molecule has 0 heterocycles. The molecule has 5 nitrogen and oxygen atoms in total. The van der Waals surface area contributed by atoms with Crippen molar-refractivity contribution in [3.8, 4) is 12.1 Å². The monoisotopic (exact) mass is 268 g/mol. The Morgan fingerprint density at radius 2 is 2.05 bits per heavy atom. The minimum absolute atomic E-state index is 0.0675. The molecule has 1 aromatic carbocycles. The third kappa shape index (κ3) is 3.07. The molecule has 1 saturated carbocycles. The van der Waals surface area contributed by atoms with Gasteiger partial charge in [0.25, 0.3) is 0 Å². The van der Waals surface area contributed by atoms with Gasteiger partial charge in [0.05, 0.1) is 17.7 Å². The Bertz CT molecular complexity index is 593. The first-order valence-corrected chi connectivity index (χ1v) is 6.67. The van der Waals surface area contributed by atoms with Crippen LogP contribution in [0.1, 0.15) is 30.9 Å². The lowest BCUT2D eigenvalue weighted by Crippen LogP contribution is -2.37. The highest BCUT2D eigenvalue weighted by molar-refractivity contribution is 5.81. The highest BCUT2D eigenvalue weighted by Crippen LogP contribution is 2.26. The molecule has 1 aliphatic carbocycles. The van der Waals surface area contributed by atoms with E-state index < -0.39 is 0 Å². The molecule has 5 heteroatoms. The van der Waals surface area contributed by atoms with Gasteiger partial charge in [0, 0.05) is 18.3 Å². The summed E-state index contributed by atoms with van der Waals surface area (Å²) >= 11 is 0. The molecule has 0 radical (unpaired) electrons. The van der Waals surface area contributed by atoms with E-state index in [2.05, 4.69) is 5.32 Å². The number of anilines is 1. The molecule has 1 N–H and O–H groups in total. The Labute approximate surface area is 118 Å². The molecule has 0 spiro atoms. The number of rotatable bonds is 5. The maximum Gasteiger partial charge on any atom is 0.242 e. The van der Waals surface area contributed by atoms with E-state index in [-0.39, 0.29) is 12.5 Å². The lowest BCUT2D eigenvalue weighted by molar-refractivity contribution is -0.129. The Balaban J connectivity index is 1.99. The van der Waals surface area contributed by atoms with Crippen LogP contribution < -0.4 is 5.32 Å². The van der Waals surface area contributed by atoms with Crippen LogP contribution in [0.2, 0.25) is 0 Å². The number of benzene rings is 1. The van der Waals surface area contributed by atoms with Gasteiger partial charge in [-0.2, -0.15) is 10.5 Å². The molecule has 1 fully saturated rings. The van der Waals surface area contributed by atoms with Crippen LogP contribution >= 0.6 is 0 Å². The van der Waals surface area contributed by atoms with Crippen molar-refractivity contribution >= 4 is 11.6 Å². The first kappa shape index (κ1) is 13.9. The number of carbonyl (C=O) groups is 1.